The van der Waals surface area contributed by atoms with E-state index in [1.54, 1.807) is 26.4 Å². The highest BCUT2D eigenvalue weighted by molar-refractivity contribution is 5.98. The molecule has 0 bridgehead atoms. The van der Waals surface area contributed by atoms with Gasteiger partial charge in [-0.15, -0.1) is 0 Å². The molecule has 0 unspecified atom stereocenters. The molecule has 5 heteroatoms. The van der Waals surface area contributed by atoms with Crippen molar-refractivity contribution in [3.8, 4) is 17.2 Å². The molecule has 1 atom stereocenters. The summed E-state index contributed by atoms with van der Waals surface area (Å²) in [6.45, 7) is 0. The summed E-state index contributed by atoms with van der Waals surface area (Å²) in [4.78, 5) is 12.8. The summed E-state index contributed by atoms with van der Waals surface area (Å²) >= 11 is 0. The van der Waals surface area contributed by atoms with Crippen LogP contribution in [0.2, 0.25) is 0 Å². The van der Waals surface area contributed by atoms with Crippen molar-refractivity contribution in [1.29, 1.82) is 0 Å². The maximum absolute atomic E-state index is 12.8. The number of carbonyl (C=O) groups is 1. The zero-order chi connectivity index (χ0) is 17.1. The van der Waals surface area contributed by atoms with Gasteiger partial charge in [0.1, 0.15) is 5.75 Å². The fraction of sp³-hybridized carbons (Fsp3) is 0.316. The lowest BCUT2D eigenvalue weighted by Crippen LogP contribution is -2.27. The van der Waals surface area contributed by atoms with Gasteiger partial charge in [-0.1, -0.05) is 24.3 Å². The van der Waals surface area contributed by atoms with Gasteiger partial charge in [-0.25, -0.2) is 0 Å². The Labute approximate surface area is 141 Å². The number of hydrogen-bond acceptors (Lipinski definition) is 4. The highest BCUT2D eigenvalue weighted by atomic mass is 16.5. The first-order chi connectivity index (χ1) is 11.7. The molecule has 0 radical (unpaired) electrons. The second-order valence-electron chi connectivity index (χ2n) is 5.67. The lowest BCUT2D eigenvalue weighted by molar-refractivity contribution is 0.0933. The Balaban J connectivity index is 1.88. The van der Waals surface area contributed by atoms with E-state index in [1.165, 1.54) is 18.2 Å². The molecule has 0 saturated heterocycles. The summed E-state index contributed by atoms with van der Waals surface area (Å²) in [7, 11) is 4.62. The van der Waals surface area contributed by atoms with Crippen molar-refractivity contribution in [2.45, 2.75) is 18.9 Å². The summed E-state index contributed by atoms with van der Waals surface area (Å²) < 4.78 is 15.9. The monoisotopic (exact) mass is 327 g/mol. The summed E-state index contributed by atoms with van der Waals surface area (Å²) in [6.07, 6.45) is 1.88. The van der Waals surface area contributed by atoms with Gasteiger partial charge in [0, 0.05) is 12.1 Å². The number of nitrogens with one attached hydrogen (secondary N) is 1. The van der Waals surface area contributed by atoms with E-state index in [2.05, 4.69) is 17.4 Å². The standard InChI is InChI=1S/C19H21NO4/c1-22-16-11-18(24-3)17(23-2)10-14(16)19(21)20-15-9-8-12-6-4-5-7-13(12)15/h4-7,10-11,15H,8-9H2,1-3H3,(H,20,21)/t15-/m0/s1. The van der Waals surface area contributed by atoms with Crippen LogP contribution in [-0.2, 0) is 6.42 Å². The Morgan fingerprint density at radius 3 is 2.38 bits per heavy atom. The average molecular weight is 327 g/mol. The van der Waals surface area contributed by atoms with Crippen molar-refractivity contribution in [3.63, 3.8) is 0 Å². The normalized spacial score (nSPS) is 15.5. The average Bonchev–Trinajstić information content (AvgIpc) is 3.03. The molecule has 0 aromatic heterocycles. The van der Waals surface area contributed by atoms with Gasteiger partial charge in [0.25, 0.3) is 5.91 Å². The third kappa shape index (κ3) is 2.89. The number of aryl methyl sites for hydroxylation is 1. The van der Waals surface area contributed by atoms with Crippen LogP contribution in [0.4, 0.5) is 0 Å². The number of ether oxygens (including phenoxy) is 3. The highest BCUT2D eigenvalue weighted by Gasteiger charge is 2.25. The van der Waals surface area contributed by atoms with Crippen LogP contribution in [0.25, 0.3) is 0 Å². The Morgan fingerprint density at radius 1 is 1.00 bits per heavy atom. The van der Waals surface area contributed by atoms with Gasteiger partial charge in [-0.3, -0.25) is 4.79 Å². The first-order valence-electron chi connectivity index (χ1n) is 7.86. The van der Waals surface area contributed by atoms with Gasteiger partial charge in [-0.2, -0.15) is 0 Å². The third-order valence-electron chi connectivity index (χ3n) is 4.39. The number of carbonyl (C=O) groups excluding carboxylic acids is 1. The quantitative estimate of drug-likeness (QED) is 0.917. The van der Waals surface area contributed by atoms with Gasteiger partial charge >= 0.3 is 0 Å². The minimum Gasteiger partial charge on any atom is -0.496 e. The second kappa shape index (κ2) is 6.83. The van der Waals surface area contributed by atoms with Crippen molar-refractivity contribution in [3.05, 3.63) is 53.1 Å². The van der Waals surface area contributed by atoms with Crippen LogP contribution in [0.3, 0.4) is 0 Å². The predicted octanol–water partition coefficient (Wildman–Crippen LogP) is 3.13. The minimum atomic E-state index is -0.186. The van der Waals surface area contributed by atoms with Crippen LogP contribution in [0, 0.1) is 0 Å². The molecule has 126 valence electrons. The van der Waals surface area contributed by atoms with Crippen LogP contribution >= 0.6 is 0 Å². The second-order valence-corrected chi connectivity index (χ2v) is 5.67. The fourth-order valence-electron chi connectivity index (χ4n) is 3.15. The number of methoxy groups -OCH3 is 3. The van der Waals surface area contributed by atoms with Crippen LogP contribution in [0.1, 0.15) is 33.9 Å². The lowest BCUT2D eigenvalue weighted by atomic mass is 10.1. The van der Waals surface area contributed by atoms with E-state index in [4.69, 9.17) is 14.2 Å². The van der Waals surface area contributed by atoms with Crippen LogP contribution < -0.4 is 19.5 Å². The zero-order valence-corrected chi connectivity index (χ0v) is 14.1. The lowest BCUT2D eigenvalue weighted by Gasteiger charge is -2.17. The summed E-state index contributed by atoms with van der Waals surface area (Å²) in [5.41, 5.74) is 2.91. The van der Waals surface area contributed by atoms with E-state index in [-0.39, 0.29) is 11.9 Å². The molecule has 0 aliphatic heterocycles. The number of rotatable bonds is 5. The molecule has 1 aliphatic rings. The minimum absolute atomic E-state index is 0.0199. The molecular formula is C19H21NO4. The number of hydrogen-bond donors (Lipinski definition) is 1. The van der Waals surface area contributed by atoms with Crippen molar-refractivity contribution >= 4 is 5.91 Å². The van der Waals surface area contributed by atoms with Gasteiger partial charge in [0.15, 0.2) is 11.5 Å². The third-order valence-corrected chi connectivity index (χ3v) is 4.39. The number of fused-ring (bicyclic) bond motifs is 1. The Morgan fingerprint density at radius 2 is 1.67 bits per heavy atom. The molecule has 3 rings (SSSR count). The fourth-order valence-corrected chi connectivity index (χ4v) is 3.15. The van der Waals surface area contributed by atoms with Gasteiger partial charge in [-0.05, 0) is 24.0 Å². The molecule has 0 heterocycles. The molecule has 1 aliphatic carbocycles. The van der Waals surface area contributed by atoms with Gasteiger partial charge in [0.05, 0.1) is 32.9 Å². The SMILES string of the molecule is COc1cc(OC)c(C(=O)N[C@H]2CCc3ccccc32)cc1OC. The molecule has 0 fully saturated rings. The molecule has 0 saturated carbocycles. The number of benzene rings is 2. The van der Waals surface area contributed by atoms with Crippen molar-refractivity contribution in [2.75, 3.05) is 21.3 Å². The molecule has 1 amide bonds. The van der Waals surface area contributed by atoms with E-state index >= 15 is 0 Å². The molecule has 2 aromatic carbocycles. The van der Waals surface area contributed by atoms with E-state index < -0.39 is 0 Å². The molecule has 2 aromatic rings. The first kappa shape index (κ1) is 16.2. The smallest absolute Gasteiger partial charge is 0.255 e. The largest absolute Gasteiger partial charge is 0.496 e. The maximum atomic E-state index is 12.8. The summed E-state index contributed by atoms with van der Waals surface area (Å²) in [5.74, 6) is 1.29. The van der Waals surface area contributed by atoms with E-state index in [0.29, 0.717) is 22.8 Å². The topological polar surface area (TPSA) is 56.8 Å². The summed E-state index contributed by atoms with van der Waals surface area (Å²) in [5, 5.41) is 3.10. The Kier molecular flexibility index (Phi) is 4.60. The first-order valence-corrected chi connectivity index (χ1v) is 7.86. The van der Waals surface area contributed by atoms with E-state index in [0.717, 1.165) is 12.8 Å². The Hall–Kier alpha value is -2.69. The van der Waals surface area contributed by atoms with Crippen LogP contribution in [-0.4, -0.2) is 27.2 Å². The maximum Gasteiger partial charge on any atom is 0.255 e. The van der Waals surface area contributed by atoms with E-state index in [9.17, 15) is 4.79 Å². The Bertz CT molecular complexity index is 757. The predicted molar refractivity (Wildman–Crippen MR) is 91.1 cm³/mol. The highest BCUT2D eigenvalue weighted by Crippen LogP contribution is 2.36. The van der Waals surface area contributed by atoms with Crippen LogP contribution in [0.15, 0.2) is 36.4 Å². The molecular weight excluding hydrogens is 306 g/mol. The van der Waals surface area contributed by atoms with Gasteiger partial charge < -0.3 is 19.5 Å². The molecule has 24 heavy (non-hydrogen) atoms. The van der Waals surface area contributed by atoms with Crippen molar-refractivity contribution in [1.82, 2.24) is 5.32 Å². The van der Waals surface area contributed by atoms with Gasteiger partial charge in [0.2, 0.25) is 0 Å². The molecule has 1 N–H and O–H groups in total. The molecule has 0 spiro atoms. The van der Waals surface area contributed by atoms with Crippen molar-refractivity contribution in [2.24, 2.45) is 0 Å². The number of amides is 1. The summed E-state index contributed by atoms with van der Waals surface area (Å²) in [6, 6.07) is 11.5. The molecule has 5 nitrogen and oxygen atoms in total. The van der Waals surface area contributed by atoms with E-state index in [1.807, 2.05) is 12.1 Å². The van der Waals surface area contributed by atoms with Crippen LogP contribution in [0.5, 0.6) is 17.2 Å². The van der Waals surface area contributed by atoms with Crippen molar-refractivity contribution < 1.29 is 19.0 Å². The zero-order valence-electron chi connectivity index (χ0n) is 14.1.